The standard InChI is InChI=1S/C17H27F2N3O2/c1-3-20-17(21-9-5-11-24-13-12-23-2)22-10-8-14-15(18)6-4-7-16(14)19/h4,6-7H,3,5,8-13H2,1-2H3,(H2,20,21,22). The molecule has 0 aliphatic rings. The van der Waals surface area contributed by atoms with Gasteiger partial charge >= 0.3 is 0 Å². The first-order valence-electron chi connectivity index (χ1n) is 8.20. The van der Waals surface area contributed by atoms with Crippen LogP contribution in [-0.2, 0) is 15.9 Å². The molecule has 0 fully saturated rings. The van der Waals surface area contributed by atoms with E-state index in [0.29, 0.717) is 45.4 Å². The van der Waals surface area contributed by atoms with Gasteiger partial charge in [0.2, 0.25) is 0 Å². The van der Waals surface area contributed by atoms with E-state index in [1.165, 1.54) is 18.2 Å². The molecule has 0 saturated heterocycles. The normalized spacial score (nSPS) is 11.6. The van der Waals surface area contributed by atoms with Crippen LogP contribution >= 0.6 is 0 Å². The molecule has 5 nitrogen and oxygen atoms in total. The molecule has 0 amide bonds. The molecule has 0 saturated carbocycles. The van der Waals surface area contributed by atoms with Crippen molar-refractivity contribution >= 4 is 5.96 Å². The van der Waals surface area contributed by atoms with Crippen molar-refractivity contribution in [1.82, 2.24) is 10.6 Å². The zero-order chi connectivity index (χ0) is 17.6. The summed E-state index contributed by atoms with van der Waals surface area (Å²) in [4.78, 5) is 4.40. The second kappa shape index (κ2) is 12.7. The van der Waals surface area contributed by atoms with Crippen molar-refractivity contribution < 1.29 is 18.3 Å². The van der Waals surface area contributed by atoms with Crippen molar-refractivity contribution in [1.29, 1.82) is 0 Å². The van der Waals surface area contributed by atoms with Crippen molar-refractivity contribution in [2.24, 2.45) is 4.99 Å². The van der Waals surface area contributed by atoms with Gasteiger partial charge in [-0.25, -0.2) is 8.78 Å². The van der Waals surface area contributed by atoms with E-state index in [4.69, 9.17) is 9.47 Å². The van der Waals surface area contributed by atoms with E-state index in [9.17, 15) is 8.78 Å². The molecule has 24 heavy (non-hydrogen) atoms. The number of hydrogen-bond donors (Lipinski definition) is 2. The van der Waals surface area contributed by atoms with Crippen molar-refractivity contribution in [2.75, 3.05) is 46.6 Å². The van der Waals surface area contributed by atoms with Gasteiger partial charge in [0.15, 0.2) is 5.96 Å². The number of ether oxygens (including phenoxy) is 2. The minimum absolute atomic E-state index is 0.0902. The van der Waals surface area contributed by atoms with Crippen LogP contribution in [0.25, 0.3) is 0 Å². The largest absolute Gasteiger partial charge is 0.382 e. The topological polar surface area (TPSA) is 54.9 Å². The smallest absolute Gasteiger partial charge is 0.191 e. The fraction of sp³-hybridized carbons (Fsp3) is 0.588. The second-order valence-electron chi connectivity index (χ2n) is 5.10. The summed E-state index contributed by atoms with van der Waals surface area (Å²) in [6.07, 6.45) is 1.05. The average Bonchev–Trinajstić information content (AvgIpc) is 2.56. The van der Waals surface area contributed by atoms with Crippen molar-refractivity contribution in [3.8, 4) is 0 Å². The zero-order valence-electron chi connectivity index (χ0n) is 14.4. The highest BCUT2D eigenvalue weighted by Crippen LogP contribution is 2.11. The summed E-state index contributed by atoms with van der Waals surface area (Å²) in [7, 11) is 1.63. The molecule has 7 heteroatoms. The minimum atomic E-state index is -0.521. The summed E-state index contributed by atoms with van der Waals surface area (Å²) in [5, 5.41) is 6.18. The molecule has 1 rings (SSSR count). The van der Waals surface area contributed by atoms with Crippen LogP contribution in [0.3, 0.4) is 0 Å². The van der Waals surface area contributed by atoms with Crippen LogP contribution < -0.4 is 10.6 Å². The lowest BCUT2D eigenvalue weighted by Gasteiger charge is -2.12. The van der Waals surface area contributed by atoms with Gasteiger partial charge in [0.1, 0.15) is 11.6 Å². The second-order valence-corrected chi connectivity index (χ2v) is 5.10. The van der Waals surface area contributed by atoms with E-state index in [0.717, 1.165) is 6.42 Å². The molecule has 136 valence electrons. The Labute approximate surface area is 142 Å². The Balaban J connectivity index is 2.33. The van der Waals surface area contributed by atoms with Crippen LogP contribution in [0.1, 0.15) is 18.9 Å². The predicted molar refractivity (Wildman–Crippen MR) is 91.4 cm³/mol. The first kappa shape index (κ1) is 20.3. The number of methoxy groups -OCH3 is 1. The Morgan fingerprint density at radius 2 is 1.88 bits per heavy atom. The van der Waals surface area contributed by atoms with Gasteiger partial charge in [0.05, 0.1) is 13.2 Å². The number of nitrogens with one attached hydrogen (secondary N) is 2. The Morgan fingerprint density at radius 1 is 1.12 bits per heavy atom. The van der Waals surface area contributed by atoms with Gasteiger partial charge in [0.25, 0.3) is 0 Å². The molecule has 0 bridgehead atoms. The molecule has 0 aliphatic carbocycles. The van der Waals surface area contributed by atoms with Crippen LogP contribution in [0.15, 0.2) is 23.2 Å². The lowest BCUT2D eigenvalue weighted by molar-refractivity contribution is 0.0702. The van der Waals surface area contributed by atoms with E-state index in [1.807, 2.05) is 6.92 Å². The van der Waals surface area contributed by atoms with Crippen molar-refractivity contribution in [3.05, 3.63) is 35.4 Å². The summed E-state index contributed by atoms with van der Waals surface area (Å²) < 4.78 is 37.4. The Bertz CT molecular complexity index is 478. The maximum Gasteiger partial charge on any atom is 0.191 e. The fourth-order valence-electron chi connectivity index (χ4n) is 2.02. The lowest BCUT2D eigenvalue weighted by atomic mass is 10.1. The van der Waals surface area contributed by atoms with Gasteiger partial charge in [-0.15, -0.1) is 0 Å². The Kier molecular flexibility index (Phi) is 10.7. The number of aliphatic imine (C=N–C) groups is 1. The summed E-state index contributed by atoms with van der Waals surface area (Å²) in [5.41, 5.74) is 0.0902. The highest BCUT2D eigenvalue weighted by molar-refractivity contribution is 5.79. The zero-order valence-corrected chi connectivity index (χ0v) is 14.4. The van der Waals surface area contributed by atoms with Gasteiger partial charge in [-0.2, -0.15) is 0 Å². The summed E-state index contributed by atoms with van der Waals surface area (Å²) in [5.74, 6) is -0.412. The maximum absolute atomic E-state index is 13.6. The lowest BCUT2D eigenvalue weighted by Crippen LogP contribution is -2.38. The van der Waals surface area contributed by atoms with Crippen molar-refractivity contribution in [2.45, 2.75) is 19.8 Å². The van der Waals surface area contributed by atoms with E-state index in [2.05, 4.69) is 15.6 Å². The third-order valence-corrected chi connectivity index (χ3v) is 3.22. The Hall–Kier alpha value is -1.73. The van der Waals surface area contributed by atoms with E-state index >= 15 is 0 Å². The molecule has 1 aromatic rings. The van der Waals surface area contributed by atoms with Crippen LogP contribution in [0.5, 0.6) is 0 Å². The molecular weight excluding hydrogens is 316 g/mol. The highest BCUT2D eigenvalue weighted by atomic mass is 19.1. The molecule has 1 aromatic carbocycles. The van der Waals surface area contributed by atoms with Gasteiger partial charge in [-0.05, 0) is 31.9 Å². The molecule has 0 atom stereocenters. The minimum Gasteiger partial charge on any atom is -0.382 e. The predicted octanol–water partition coefficient (Wildman–Crippen LogP) is 2.12. The van der Waals surface area contributed by atoms with E-state index < -0.39 is 11.6 Å². The molecule has 0 heterocycles. The van der Waals surface area contributed by atoms with Gasteiger partial charge in [-0.1, -0.05) is 6.07 Å². The van der Waals surface area contributed by atoms with Crippen LogP contribution in [0, 0.1) is 11.6 Å². The third kappa shape index (κ3) is 8.21. The summed E-state index contributed by atoms with van der Waals surface area (Å²) >= 11 is 0. The number of hydrogen-bond acceptors (Lipinski definition) is 3. The number of rotatable bonds is 11. The van der Waals surface area contributed by atoms with E-state index in [1.54, 1.807) is 7.11 Å². The number of halogens is 2. The monoisotopic (exact) mass is 343 g/mol. The molecule has 0 aromatic heterocycles. The third-order valence-electron chi connectivity index (χ3n) is 3.22. The summed E-state index contributed by atoms with van der Waals surface area (Å²) in [6.45, 7) is 5.45. The first-order chi connectivity index (χ1) is 11.7. The number of guanidine groups is 1. The van der Waals surface area contributed by atoms with Gasteiger partial charge in [-0.3, -0.25) is 4.99 Å². The number of benzene rings is 1. The molecule has 2 N–H and O–H groups in total. The molecule has 0 unspecified atom stereocenters. The fourth-order valence-corrected chi connectivity index (χ4v) is 2.02. The molecule has 0 spiro atoms. The van der Waals surface area contributed by atoms with E-state index in [-0.39, 0.29) is 12.0 Å². The van der Waals surface area contributed by atoms with Crippen LogP contribution in [0.2, 0.25) is 0 Å². The quantitative estimate of drug-likeness (QED) is 0.367. The van der Waals surface area contributed by atoms with Gasteiger partial charge in [0, 0.05) is 38.9 Å². The molecular formula is C17H27F2N3O2. The molecule has 0 radical (unpaired) electrons. The first-order valence-corrected chi connectivity index (χ1v) is 8.20. The SMILES string of the molecule is CCNC(=NCCCOCCOC)NCCc1c(F)cccc1F. The highest BCUT2D eigenvalue weighted by Gasteiger charge is 2.08. The van der Waals surface area contributed by atoms with Crippen molar-refractivity contribution in [3.63, 3.8) is 0 Å². The maximum atomic E-state index is 13.6. The van der Waals surface area contributed by atoms with Crippen LogP contribution in [0.4, 0.5) is 8.78 Å². The number of nitrogens with zero attached hydrogens (tertiary/aromatic N) is 1. The summed E-state index contributed by atoms with van der Waals surface area (Å²) in [6, 6.07) is 3.89. The Morgan fingerprint density at radius 3 is 2.54 bits per heavy atom. The molecule has 0 aliphatic heterocycles. The average molecular weight is 343 g/mol. The van der Waals surface area contributed by atoms with Crippen LogP contribution in [-0.4, -0.2) is 52.5 Å². The van der Waals surface area contributed by atoms with Gasteiger partial charge < -0.3 is 20.1 Å².